The number of carbonyl (C=O) groups excluding carboxylic acids is 2. The zero-order valence-electron chi connectivity index (χ0n) is 39.3. The molecule has 1 heterocycles. The average molecular weight is 959 g/mol. The fourth-order valence-corrected chi connectivity index (χ4v) is 8.93. The second kappa shape index (κ2) is 34.7. The third-order valence-electron chi connectivity index (χ3n) is 11.9. The number of hydrogen-bond acceptors (Lipinski definition) is 15. The van der Waals surface area contributed by atoms with Crippen molar-refractivity contribution >= 4 is 19.8 Å². The van der Waals surface area contributed by atoms with Gasteiger partial charge in [0, 0.05) is 31.1 Å². The standard InChI is InChI=1S/C49H83O16P/c1-3-5-7-8-9-10-11-12-13-14-15-16-17-18-19-20-26-30-43(54)64-37-34-62-42(53)29-25-22-21-24-28-38-40(51)33-41(52)39(32-31-36(50)27-23-6-4-2)45(56)47(58)49(48(59)46(57)44(38)55)65-66(60,61)63-35-37/h5,7,9-10,12-13,15-16,31-32,36-41,44-52,55-59H,3-4,6,8,11,14,17-30,33-35H2,1-2H3,(H,60,61)/b7-5-,10-9-,13-12-,16-15-,32-31?/t36-,37+,38-,39-,40-,41+,44+,45+,46-,47+,48+,49+/m0/s1. The van der Waals surface area contributed by atoms with Crippen LogP contribution >= 0.6 is 7.82 Å². The molecule has 1 saturated carbocycles. The summed E-state index contributed by atoms with van der Waals surface area (Å²) in [7, 11) is -5.44. The number of phosphoric acid groups is 1. The van der Waals surface area contributed by atoms with Crippen molar-refractivity contribution in [1.82, 2.24) is 0 Å². The average Bonchev–Trinajstić information content (AvgIpc) is 3.28. The fourth-order valence-electron chi connectivity index (χ4n) is 7.96. The van der Waals surface area contributed by atoms with Crippen molar-refractivity contribution in [1.29, 1.82) is 0 Å². The molecule has 0 aromatic carbocycles. The molecule has 1 aliphatic carbocycles. The van der Waals surface area contributed by atoms with Gasteiger partial charge in [-0.05, 0) is 64.2 Å². The molecular weight excluding hydrogens is 875 g/mol. The Balaban J connectivity index is 2.17. The first-order valence-corrected chi connectivity index (χ1v) is 25.8. The number of esters is 2. The highest BCUT2D eigenvalue weighted by atomic mass is 31.2. The summed E-state index contributed by atoms with van der Waals surface area (Å²) >= 11 is 0. The summed E-state index contributed by atoms with van der Waals surface area (Å²) < 4.78 is 34.8. The van der Waals surface area contributed by atoms with E-state index in [1.54, 1.807) is 0 Å². The van der Waals surface area contributed by atoms with E-state index in [0.29, 0.717) is 44.9 Å². The summed E-state index contributed by atoms with van der Waals surface area (Å²) in [6.45, 7) is 2.71. The molecular formula is C49H83O16P. The highest BCUT2D eigenvalue weighted by Gasteiger charge is 2.49. The predicted octanol–water partition coefficient (Wildman–Crippen LogP) is 6.10. The van der Waals surface area contributed by atoms with E-state index >= 15 is 0 Å². The lowest BCUT2D eigenvalue weighted by molar-refractivity contribution is -0.167. The van der Waals surface area contributed by atoms with E-state index in [1.165, 1.54) is 12.2 Å². The van der Waals surface area contributed by atoms with Gasteiger partial charge in [0.05, 0.1) is 37.1 Å². The summed E-state index contributed by atoms with van der Waals surface area (Å²) in [6, 6.07) is 0. The fraction of sp³-hybridized carbons (Fsp3) is 0.755. The molecule has 2 rings (SSSR count). The Morgan fingerprint density at radius 2 is 1.38 bits per heavy atom. The van der Waals surface area contributed by atoms with Crippen LogP contribution in [0.1, 0.15) is 149 Å². The molecule has 0 radical (unpaired) electrons. The summed E-state index contributed by atoms with van der Waals surface area (Å²) in [5, 5.41) is 90.3. The molecule has 9 N–H and O–H groups in total. The van der Waals surface area contributed by atoms with E-state index in [9.17, 15) is 59.9 Å². The number of cyclic esters (lactones) is 1. The molecule has 13 atom stereocenters. The number of carbonyl (C=O) groups is 2. The maximum absolute atomic E-state index is 13.5. The lowest BCUT2D eigenvalue weighted by atomic mass is 9.82. The van der Waals surface area contributed by atoms with Crippen LogP contribution in [0.15, 0.2) is 60.8 Å². The largest absolute Gasteiger partial charge is 0.472 e. The monoisotopic (exact) mass is 959 g/mol. The van der Waals surface area contributed by atoms with Crippen LogP contribution in [0.4, 0.5) is 0 Å². The van der Waals surface area contributed by atoms with Crippen molar-refractivity contribution in [2.45, 2.75) is 210 Å². The van der Waals surface area contributed by atoms with Crippen LogP contribution in [-0.4, -0.2) is 132 Å². The summed E-state index contributed by atoms with van der Waals surface area (Å²) in [6.07, 6.45) is 12.7. The molecule has 2 aliphatic rings. The Labute approximate surface area is 392 Å². The van der Waals surface area contributed by atoms with Gasteiger partial charge in [0.25, 0.3) is 0 Å². The van der Waals surface area contributed by atoms with E-state index in [-0.39, 0.29) is 19.3 Å². The molecule has 2 fully saturated rings. The number of fused-ring (bicyclic) bond motifs is 4. The number of allylic oxidation sites excluding steroid dienone is 8. The smallest absolute Gasteiger partial charge is 0.462 e. The highest BCUT2D eigenvalue weighted by molar-refractivity contribution is 7.47. The van der Waals surface area contributed by atoms with E-state index < -0.39 is 112 Å². The number of aliphatic hydroxyl groups is 8. The quantitative estimate of drug-likeness (QED) is 0.0272. The molecule has 0 aromatic heterocycles. The Kier molecular flexibility index (Phi) is 31.3. The van der Waals surface area contributed by atoms with Gasteiger partial charge in [-0.15, -0.1) is 0 Å². The maximum atomic E-state index is 13.5. The van der Waals surface area contributed by atoms with Crippen LogP contribution in [0.5, 0.6) is 0 Å². The minimum atomic E-state index is -5.44. The summed E-state index contributed by atoms with van der Waals surface area (Å²) in [5.74, 6) is -3.93. The zero-order chi connectivity index (χ0) is 48.7. The molecule has 0 spiro atoms. The second-order valence-electron chi connectivity index (χ2n) is 17.5. The van der Waals surface area contributed by atoms with E-state index in [2.05, 4.69) is 55.5 Å². The number of phosphoric ester groups is 1. The van der Waals surface area contributed by atoms with Crippen molar-refractivity contribution in [3.05, 3.63) is 60.8 Å². The SMILES string of the molecule is CC/C=C\C/C=C\C/C=C\C/C=C\CCCCCCC(=O)O[C@@H]1COC(=O)CCCCCC[C@@H]2[C@@H](O)[C@H](O)[C@@H](O)[C@H](OP(=O)(O)OC1)[C@H](O)[C@H](O)[C@@H](C=C[C@@H](O)CCCCC)[C@H](O)C[C@@H]2O. The number of rotatable bonds is 21. The molecule has 380 valence electrons. The van der Waals surface area contributed by atoms with Gasteiger partial charge < -0.3 is 55.2 Å². The van der Waals surface area contributed by atoms with Crippen LogP contribution in [0.25, 0.3) is 0 Å². The highest BCUT2D eigenvalue weighted by Crippen LogP contribution is 2.47. The Morgan fingerprint density at radius 1 is 0.742 bits per heavy atom. The Morgan fingerprint density at radius 3 is 2.06 bits per heavy atom. The maximum Gasteiger partial charge on any atom is 0.472 e. The number of hydrogen-bond donors (Lipinski definition) is 9. The molecule has 0 amide bonds. The van der Waals surface area contributed by atoms with Gasteiger partial charge in [-0.3, -0.25) is 18.6 Å². The molecule has 1 unspecified atom stereocenters. The first kappa shape index (κ1) is 59.6. The van der Waals surface area contributed by atoms with E-state index in [0.717, 1.165) is 64.2 Å². The van der Waals surface area contributed by atoms with E-state index in [4.69, 9.17) is 18.5 Å². The number of unbranched alkanes of at least 4 members (excludes halogenated alkanes) is 6. The number of aliphatic hydroxyl groups excluding tert-OH is 8. The second-order valence-corrected chi connectivity index (χ2v) is 19.0. The number of ether oxygens (including phenoxy) is 2. The van der Waals surface area contributed by atoms with Crippen molar-refractivity contribution in [2.24, 2.45) is 11.8 Å². The van der Waals surface area contributed by atoms with Gasteiger partial charge in [0.2, 0.25) is 0 Å². The lowest BCUT2D eigenvalue weighted by Gasteiger charge is -2.37. The minimum absolute atomic E-state index is 0.0000792. The van der Waals surface area contributed by atoms with Crippen molar-refractivity contribution in [3.63, 3.8) is 0 Å². The van der Waals surface area contributed by atoms with Crippen molar-refractivity contribution in [2.75, 3.05) is 13.2 Å². The predicted molar refractivity (Wildman–Crippen MR) is 251 cm³/mol. The van der Waals surface area contributed by atoms with Gasteiger partial charge in [0.1, 0.15) is 31.0 Å². The van der Waals surface area contributed by atoms with Crippen LogP contribution in [0, 0.1) is 11.8 Å². The van der Waals surface area contributed by atoms with Crippen LogP contribution in [-0.2, 0) is 32.7 Å². The normalized spacial score (nSPS) is 32.5. The zero-order valence-corrected chi connectivity index (χ0v) is 40.2. The summed E-state index contributed by atoms with van der Waals surface area (Å²) in [5.41, 5.74) is 0. The molecule has 1 saturated heterocycles. The lowest BCUT2D eigenvalue weighted by Crippen LogP contribution is -2.55. The molecule has 66 heavy (non-hydrogen) atoms. The van der Waals surface area contributed by atoms with Crippen molar-refractivity contribution < 1.29 is 78.4 Å². The Hall–Kier alpha value is -2.57. The Bertz CT molecular complexity index is 1520. The molecule has 16 nitrogen and oxygen atoms in total. The first-order chi connectivity index (χ1) is 31.6. The van der Waals surface area contributed by atoms with Gasteiger partial charge in [-0.2, -0.15) is 0 Å². The van der Waals surface area contributed by atoms with Gasteiger partial charge in [0.15, 0.2) is 6.10 Å². The van der Waals surface area contributed by atoms with Crippen LogP contribution < -0.4 is 0 Å². The van der Waals surface area contributed by atoms with Gasteiger partial charge in [-0.1, -0.05) is 126 Å². The molecule has 17 heteroatoms. The van der Waals surface area contributed by atoms with Gasteiger partial charge >= 0.3 is 19.8 Å². The third-order valence-corrected chi connectivity index (χ3v) is 12.9. The molecule has 1 aliphatic heterocycles. The topological polar surface area (TPSA) is 270 Å². The van der Waals surface area contributed by atoms with Crippen LogP contribution in [0.2, 0.25) is 0 Å². The van der Waals surface area contributed by atoms with Crippen molar-refractivity contribution in [3.8, 4) is 0 Å². The molecule has 0 aromatic rings. The van der Waals surface area contributed by atoms with Gasteiger partial charge in [-0.25, -0.2) is 4.57 Å². The third kappa shape index (κ3) is 24.6. The van der Waals surface area contributed by atoms with E-state index in [1.807, 2.05) is 6.92 Å². The molecule has 2 bridgehead atoms. The van der Waals surface area contributed by atoms with Crippen LogP contribution in [0.3, 0.4) is 0 Å². The first-order valence-electron chi connectivity index (χ1n) is 24.3. The summed E-state index contributed by atoms with van der Waals surface area (Å²) in [4.78, 5) is 36.5. The minimum Gasteiger partial charge on any atom is -0.462 e.